The predicted octanol–water partition coefficient (Wildman–Crippen LogP) is 2.55. The van der Waals surface area contributed by atoms with Crippen LogP contribution in [-0.2, 0) is 15.7 Å². The van der Waals surface area contributed by atoms with Gasteiger partial charge in [0.05, 0.1) is 23.6 Å². The fourth-order valence-electron chi connectivity index (χ4n) is 2.61. The molecule has 1 aromatic carbocycles. The molecule has 0 bridgehead atoms. The molecule has 1 atom stereocenters. The van der Waals surface area contributed by atoms with Gasteiger partial charge in [-0.15, -0.1) is 12.4 Å². The van der Waals surface area contributed by atoms with E-state index in [9.17, 15) is 18.0 Å². The summed E-state index contributed by atoms with van der Waals surface area (Å²) in [5.74, 6) is -0.272. The summed E-state index contributed by atoms with van der Waals surface area (Å²) >= 11 is 0. The first kappa shape index (κ1) is 20.2. The maximum atomic E-state index is 13.3. The van der Waals surface area contributed by atoms with E-state index in [1.807, 2.05) is 0 Å². The zero-order valence-corrected chi connectivity index (χ0v) is 14.7. The van der Waals surface area contributed by atoms with Crippen molar-refractivity contribution in [1.29, 1.82) is 0 Å². The minimum absolute atomic E-state index is 0. The number of carbonyl (C=O) groups is 1. The lowest BCUT2D eigenvalue weighted by Gasteiger charge is -2.23. The van der Waals surface area contributed by atoms with E-state index in [1.165, 1.54) is 24.3 Å². The van der Waals surface area contributed by atoms with Crippen LogP contribution < -0.4 is 10.6 Å². The van der Waals surface area contributed by atoms with Crippen LogP contribution in [0.15, 0.2) is 30.3 Å². The highest BCUT2D eigenvalue weighted by atomic mass is 35.5. The molecule has 0 saturated carbocycles. The van der Waals surface area contributed by atoms with Gasteiger partial charge in [0.2, 0.25) is 0 Å². The van der Waals surface area contributed by atoms with E-state index < -0.39 is 23.8 Å². The molecule has 10 heteroatoms. The third-order valence-corrected chi connectivity index (χ3v) is 3.74. The van der Waals surface area contributed by atoms with Crippen LogP contribution in [0.4, 0.5) is 19.0 Å². The number of alkyl halides is 3. The van der Waals surface area contributed by atoms with Gasteiger partial charge in [0.1, 0.15) is 11.9 Å². The van der Waals surface area contributed by atoms with E-state index in [1.54, 1.807) is 6.92 Å². The number of aryl methyl sites for hydroxylation is 1. The van der Waals surface area contributed by atoms with E-state index in [4.69, 9.17) is 4.74 Å². The number of halogens is 4. The van der Waals surface area contributed by atoms with Crippen molar-refractivity contribution in [3.63, 3.8) is 0 Å². The summed E-state index contributed by atoms with van der Waals surface area (Å²) in [6.07, 6.45) is -5.23. The van der Waals surface area contributed by atoms with Crippen molar-refractivity contribution in [3.8, 4) is 5.69 Å². The zero-order valence-electron chi connectivity index (χ0n) is 13.8. The number of nitrogens with zero attached hydrogens (tertiary/aromatic N) is 2. The van der Waals surface area contributed by atoms with Gasteiger partial charge >= 0.3 is 6.18 Å². The summed E-state index contributed by atoms with van der Waals surface area (Å²) in [5.41, 5.74) is -0.500. The van der Waals surface area contributed by atoms with E-state index in [0.717, 1.165) is 10.7 Å². The Morgan fingerprint density at radius 1 is 1.38 bits per heavy atom. The molecule has 3 rings (SSSR count). The molecule has 26 heavy (non-hydrogen) atoms. The SMILES string of the molecule is Cc1cc(NC(=O)C2CNCCO2)n(-c2ccccc2C(F)(F)F)n1.Cl. The highest BCUT2D eigenvalue weighted by Gasteiger charge is 2.34. The normalized spacial score (nSPS) is 17.5. The Kier molecular flexibility index (Phi) is 6.27. The molecule has 0 aliphatic carbocycles. The maximum Gasteiger partial charge on any atom is 0.418 e. The number of anilines is 1. The number of amides is 1. The summed E-state index contributed by atoms with van der Waals surface area (Å²) in [5, 5.41) is 9.73. The van der Waals surface area contributed by atoms with Crippen LogP contribution in [0.3, 0.4) is 0 Å². The second kappa shape index (κ2) is 8.07. The molecule has 1 aromatic heterocycles. The molecule has 1 aliphatic heterocycles. The lowest BCUT2D eigenvalue weighted by Crippen LogP contribution is -2.45. The van der Waals surface area contributed by atoms with E-state index >= 15 is 0 Å². The quantitative estimate of drug-likeness (QED) is 0.845. The fraction of sp³-hybridized carbons (Fsp3) is 0.375. The Hall–Kier alpha value is -2.10. The summed E-state index contributed by atoms with van der Waals surface area (Å²) in [4.78, 5) is 12.3. The number of aromatic nitrogens is 2. The Morgan fingerprint density at radius 3 is 2.77 bits per heavy atom. The van der Waals surface area contributed by atoms with E-state index in [2.05, 4.69) is 15.7 Å². The van der Waals surface area contributed by atoms with Crippen molar-refractivity contribution in [2.24, 2.45) is 0 Å². The average Bonchev–Trinajstić information content (AvgIpc) is 2.95. The topological polar surface area (TPSA) is 68.2 Å². The van der Waals surface area contributed by atoms with Crippen LogP contribution in [0.2, 0.25) is 0 Å². The van der Waals surface area contributed by atoms with Crippen LogP contribution in [0.25, 0.3) is 5.69 Å². The largest absolute Gasteiger partial charge is 0.418 e. The molecule has 2 heterocycles. The van der Waals surface area contributed by atoms with Gasteiger partial charge in [-0.3, -0.25) is 4.79 Å². The minimum atomic E-state index is -4.53. The fourth-order valence-corrected chi connectivity index (χ4v) is 2.61. The van der Waals surface area contributed by atoms with Gasteiger partial charge in [-0.05, 0) is 19.1 Å². The number of para-hydroxylation sites is 1. The van der Waals surface area contributed by atoms with Crippen LogP contribution in [0.5, 0.6) is 0 Å². The standard InChI is InChI=1S/C16H17F3N4O2.ClH/c1-10-8-14(21-15(24)13-9-20-6-7-25-13)23(22-10)12-5-3-2-4-11(12)16(17,18)19;/h2-5,8,13,20H,6-7,9H2,1H3,(H,21,24);1H. The highest BCUT2D eigenvalue weighted by Crippen LogP contribution is 2.34. The van der Waals surface area contributed by atoms with Gasteiger partial charge in [-0.25, -0.2) is 4.68 Å². The third kappa shape index (κ3) is 4.35. The van der Waals surface area contributed by atoms with Crippen LogP contribution in [0.1, 0.15) is 11.3 Å². The Labute approximate surface area is 154 Å². The lowest BCUT2D eigenvalue weighted by molar-refractivity contribution is -0.137. The van der Waals surface area contributed by atoms with Crippen molar-refractivity contribution >= 4 is 24.1 Å². The minimum Gasteiger partial charge on any atom is -0.366 e. The number of rotatable bonds is 3. The molecule has 6 nitrogen and oxygen atoms in total. The van der Waals surface area contributed by atoms with Gasteiger partial charge in [0.25, 0.3) is 5.91 Å². The van der Waals surface area contributed by atoms with Gasteiger partial charge in [0.15, 0.2) is 0 Å². The van der Waals surface area contributed by atoms with Gasteiger partial charge < -0.3 is 15.4 Å². The molecule has 1 aliphatic rings. The van der Waals surface area contributed by atoms with Gasteiger partial charge in [-0.2, -0.15) is 18.3 Å². The number of hydrogen-bond acceptors (Lipinski definition) is 4. The first-order valence-corrected chi connectivity index (χ1v) is 7.72. The highest BCUT2D eigenvalue weighted by molar-refractivity contribution is 5.94. The predicted molar refractivity (Wildman–Crippen MR) is 91.8 cm³/mol. The number of ether oxygens (including phenoxy) is 1. The van der Waals surface area contributed by atoms with Crippen molar-refractivity contribution in [2.45, 2.75) is 19.2 Å². The Morgan fingerprint density at radius 2 is 2.12 bits per heavy atom. The first-order valence-electron chi connectivity index (χ1n) is 7.72. The first-order chi connectivity index (χ1) is 11.9. The summed E-state index contributed by atoms with van der Waals surface area (Å²) in [6, 6.07) is 6.60. The molecule has 2 aromatic rings. The van der Waals surface area contributed by atoms with Gasteiger partial charge in [-0.1, -0.05) is 12.1 Å². The second-order valence-corrected chi connectivity index (χ2v) is 5.65. The monoisotopic (exact) mass is 390 g/mol. The van der Waals surface area contributed by atoms with Crippen LogP contribution >= 0.6 is 12.4 Å². The van der Waals surface area contributed by atoms with E-state index in [0.29, 0.717) is 25.4 Å². The van der Waals surface area contributed by atoms with Crippen molar-refractivity contribution in [1.82, 2.24) is 15.1 Å². The molecular formula is C16H18ClF3N4O2. The summed E-state index contributed by atoms with van der Waals surface area (Å²) in [6.45, 7) is 3.03. The third-order valence-electron chi connectivity index (χ3n) is 3.74. The Balaban J connectivity index is 0.00000243. The lowest BCUT2D eigenvalue weighted by atomic mass is 10.1. The van der Waals surface area contributed by atoms with Crippen molar-refractivity contribution < 1.29 is 22.7 Å². The smallest absolute Gasteiger partial charge is 0.366 e. The summed E-state index contributed by atoms with van der Waals surface area (Å²) < 4.78 is 46.3. The number of nitrogens with one attached hydrogen (secondary N) is 2. The molecule has 1 unspecified atom stereocenters. The molecule has 1 saturated heterocycles. The molecule has 0 spiro atoms. The van der Waals surface area contributed by atoms with Crippen molar-refractivity contribution in [2.75, 3.05) is 25.0 Å². The average molecular weight is 391 g/mol. The van der Waals surface area contributed by atoms with Gasteiger partial charge in [0, 0.05) is 19.2 Å². The number of carbonyl (C=O) groups excluding carboxylic acids is 1. The molecule has 142 valence electrons. The summed E-state index contributed by atoms with van der Waals surface area (Å²) in [7, 11) is 0. The number of morpholine rings is 1. The number of benzene rings is 1. The zero-order chi connectivity index (χ0) is 18.0. The Bertz CT molecular complexity index is 773. The van der Waals surface area contributed by atoms with E-state index in [-0.39, 0.29) is 23.9 Å². The molecule has 0 radical (unpaired) electrons. The molecule has 1 fully saturated rings. The van der Waals surface area contributed by atoms with Crippen LogP contribution in [0, 0.1) is 6.92 Å². The van der Waals surface area contributed by atoms with Crippen molar-refractivity contribution in [3.05, 3.63) is 41.6 Å². The molecular weight excluding hydrogens is 373 g/mol. The molecule has 1 amide bonds. The van der Waals surface area contributed by atoms with Crippen LogP contribution in [-0.4, -0.2) is 41.5 Å². The molecule has 2 N–H and O–H groups in total. The maximum absolute atomic E-state index is 13.3. The number of hydrogen-bond donors (Lipinski definition) is 2. The second-order valence-electron chi connectivity index (χ2n) is 5.65.